The molecule has 1 aromatic carbocycles. The molecule has 1 aliphatic rings. The van der Waals surface area contributed by atoms with Gasteiger partial charge in [-0.15, -0.1) is 0 Å². The first-order chi connectivity index (χ1) is 10.8. The third-order valence-corrected chi connectivity index (χ3v) is 3.44. The van der Waals surface area contributed by atoms with Gasteiger partial charge in [0.15, 0.2) is 0 Å². The topological polar surface area (TPSA) is 56.1 Å². The molecular formula is C17H17N3O2. The molecule has 1 aromatic heterocycles. The SMILES string of the molecule is CC#CC(=O)Nc1c(OCC2CC2)cccc1-n1ccnc1. The van der Waals surface area contributed by atoms with Crippen LogP contribution in [0.2, 0.25) is 0 Å². The van der Waals surface area contributed by atoms with E-state index in [-0.39, 0.29) is 5.91 Å². The van der Waals surface area contributed by atoms with Crippen LogP contribution in [0.15, 0.2) is 36.9 Å². The molecule has 22 heavy (non-hydrogen) atoms. The number of carbonyl (C=O) groups is 1. The molecule has 0 saturated heterocycles. The van der Waals surface area contributed by atoms with Crippen LogP contribution in [-0.4, -0.2) is 22.1 Å². The lowest BCUT2D eigenvalue weighted by Crippen LogP contribution is -2.13. The average molecular weight is 295 g/mol. The zero-order valence-electron chi connectivity index (χ0n) is 12.4. The van der Waals surface area contributed by atoms with Crippen LogP contribution in [0.5, 0.6) is 5.75 Å². The van der Waals surface area contributed by atoms with E-state index in [9.17, 15) is 4.79 Å². The first kappa shape index (κ1) is 14.2. The summed E-state index contributed by atoms with van der Waals surface area (Å²) in [6.07, 6.45) is 7.62. The molecule has 0 spiro atoms. The molecule has 5 heteroatoms. The predicted octanol–water partition coefficient (Wildman–Crippen LogP) is 2.62. The van der Waals surface area contributed by atoms with Crippen LogP contribution >= 0.6 is 0 Å². The number of carbonyl (C=O) groups excluding carboxylic acids is 1. The summed E-state index contributed by atoms with van der Waals surface area (Å²) in [5, 5.41) is 2.83. The highest BCUT2D eigenvalue weighted by Gasteiger charge is 2.23. The smallest absolute Gasteiger partial charge is 0.300 e. The monoisotopic (exact) mass is 295 g/mol. The zero-order chi connectivity index (χ0) is 15.4. The first-order valence-corrected chi connectivity index (χ1v) is 7.26. The lowest BCUT2D eigenvalue weighted by molar-refractivity contribution is -0.111. The molecule has 1 amide bonds. The quantitative estimate of drug-likeness (QED) is 0.863. The largest absolute Gasteiger partial charge is 0.491 e. The highest BCUT2D eigenvalue weighted by Crippen LogP contribution is 2.34. The number of anilines is 1. The van der Waals surface area contributed by atoms with Crippen molar-refractivity contribution in [2.45, 2.75) is 19.8 Å². The fourth-order valence-corrected chi connectivity index (χ4v) is 2.13. The van der Waals surface area contributed by atoms with Gasteiger partial charge >= 0.3 is 0 Å². The van der Waals surface area contributed by atoms with E-state index in [0.29, 0.717) is 24.0 Å². The number of para-hydroxylation sites is 1. The molecule has 3 rings (SSSR count). The maximum Gasteiger partial charge on any atom is 0.300 e. The van der Waals surface area contributed by atoms with E-state index in [1.165, 1.54) is 12.8 Å². The number of imidazole rings is 1. The van der Waals surface area contributed by atoms with Crippen molar-refractivity contribution < 1.29 is 9.53 Å². The third-order valence-electron chi connectivity index (χ3n) is 3.44. The standard InChI is InChI=1S/C17H17N3O2/c1-2-4-16(21)19-17-14(20-10-9-18-12-20)5-3-6-15(17)22-11-13-7-8-13/h3,5-6,9-10,12-13H,7-8,11H2,1H3,(H,19,21). The highest BCUT2D eigenvalue weighted by molar-refractivity contribution is 6.06. The molecule has 1 heterocycles. The second-order valence-electron chi connectivity index (χ2n) is 5.20. The number of nitrogens with zero attached hydrogens (tertiary/aromatic N) is 2. The van der Waals surface area contributed by atoms with E-state index in [0.717, 1.165) is 5.69 Å². The predicted molar refractivity (Wildman–Crippen MR) is 83.9 cm³/mol. The number of hydrogen-bond donors (Lipinski definition) is 1. The van der Waals surface area contributed by atoms with Crippen molar-refractivity contribution in [2.24, 2.45) is 5.92 Å². The van der Waals surface area contributed by atoms with Crippen molar-refractivity contribution >= 4 is 11.6 Å². The molecule has 0 unspecified atom stereocenters. The van der Waals surface area contributed by atoms with Crippen molar-refractivity contribution in [1.82, 2.24) is 9.55 Å². The third kappa shape index (κ3) is 3.29. The maximum atomic E-state index is 11.9. The number of amides is 1. The van der Waals surface area contributed by atoms with Crippen molar-refractivity contribution in [3.8, 4) is 23.3 Å². The fraction of sp³-hybridized carbons (Fsp3) is 0.294. The van der Waals surface area contributed by atoms with Crippen molar-refractivity contribution in [3.05, 3.63) is 36.9 Å². The van der Waals surface area contributed by atoms with E-state index in [4.69, 9.17) is 4.74 Å². The van der Waals surface area contributed by atoms with Gasteiger partial charge in [0, 0.05) is 12.4 Å². The number of hydrogen-bond acceptors (Lipinski definition) is 3. The highest BCUT2D eigenvalue weighted by atomic mass is 16.5. The normalized spacial score (nSPS) is 13.1. The van der Waals surface area contributed by atoms with Gasteiger partial charge in [-0.3, -0.25) is 4.79 Å². The average Bonchev–Trinajstić information content (AvgIpc) is 3.18. The number of rotatable bonds is 5. The minimum absolute atomic E-state index is 0.355. The Balaban J connectivity index is 1.94. The molecule has 1 saturated carbocycles. The second-order valence-corrected chi connectivity index (χ2v) is 5.20. The van der Waals surface area contributed by atoms with Crippen LogP contribution in [0, 0.1) is 17.8 Å². The number of ether oxygens (including phenoxy) is 1. The van der Waals surface area contributed by atoms with Crippen molar-refractivity contribution in [2.75, 3.05) is 11.9 Å². The molecule has 0 bridgehead atoms. The van der Waals surface area contributed by atoms with Gasteiger partial charge in [-0.25, -0.2) is 4.98 Å². The van der Waals surface area contributed by atoms with Crippen LogP contribution in [-0.2, 0) is 4.79 Å². The molecule has 2 aromatic rings. The molecule has 1 fully saturated rings. The van der Waals surface area contributed by atoms with E-state index < -0.39 is 0 Å². The first-order valence-electron chi connectivity index (χ1n) is 7.26. The summed E-state index contributed by atoms with van der Waals surface area (Å²) >= 11 is 0. The Bertz CT molecular complexity index is 722. The van der Waals surface area contributed by atoms with Gasteiger partial charge in [-0.1, -0.05) is 12.0 Å². The lowest BCUT2D eigenvalue weighted by atomic mass is 10.2. The van der Waals surface area contributed by atoms with Crippen LogP contribution in [0.3, 0.4) is 0 Å². The summed E-state index contributed by atoms with van der Waals surface area (Å²) in [6.45, 7) is 2.31. The van der Waals surface area contributed by atoms with Crippen LogP contribution in [0.25, 0.3) is 5.69 Å². The number of nitrogens with one attached hydrogen (secondary N) is 1. The minimum atomic E-state index is -0.355. The van der Waals surface area contributed by atoms with Crippen LogP contribution in [0.1, 0.15) is 19.8 Å². The van der Waals surface area contributed by atoms with Crippen molar-refractivity contribution in [1.29, 1.82) is 0 Å². The molecule has 5 nitrogen and oxygen atoms in total. The Morgan fingerprint density at radius 1 is 1.50 bits per heavy atom. The zero-order valence-corrected chi connectivity index (χ0v) is 12.4. The van der Waals surface area contributed by atoms with E-state index in [1.54, 1.807) is 19.4 Å². The Labute approximate surface area is 129 Å². The lowest BCUT2D eigenvalue weighted by Gasteiger charge is -2.15. The maximum absolute atomic E-state index is 11.9. The Morgan fingerprint density at radius 2 is 2.36 bits per heavy atom. The van der Waals surface area contributed by atoms with Gasteiger partial charge in [0.2, 0.25) is 0 Å². The van der Waals surface area contributed by atoms with Gasteiger partial charge in [0.05, 0.1) is 18.6 Å². The Kier molecular flexibility index (Phi) is 4.10. The van der Waals surface area contributed by atoms with Crippen LogP contribution < -0.4 is 10.1 Å². The molecule has 1 aliphatic carbocycles. The second kappa shape index (κ2) is 6.35. The van der Waals surface area contributed by atoms with Crippen LogP contribution in [0.4, 0.5) is 5.69 Å². The van der Waals surface area contributed by atoms with Gasteiger partial charge in [-0.2, -0.15) is 0 Å². The van der Waals surface area contributed by atoms with Crippen molar-refractivity contribution in [3.63, 3.8) is 0 Å². The molecule has 0 radical (unpaired) electrons. The molecule has 0 atom stereocenters. The van der Waals surface area contributed by atoms with E-state index in [2.05, 4.69) is 22.1 Å². The molecule has 112 valence electrons. The van der Waals surface area contributed by atoms with Gasteiger partial charge in [0.25, 0.3) is 5.91 Å². The van der Waals surface area contributed by atoms with Gasteiger partial charge in [0.1, 0.15) is 11.4 Å². The van der Waals surface area contributed by atoms with E-state index in [1.807, 2.05) is 29.0 Å². The summed E-state index contributed by atoms with van der Waals surface area (Å²) in [5.74, 6) is 6.03. The van der Waals surface area contributed by atoms with Gasteiger partial charge in [-0.05, 0) is 43.7 Å². The number of benzene rings is 1. The fourth-order valence-electron chi connectivity index (χ4n) is 2.13. The Morgan fingerprint density at radius 3 is 3.05 bits per heavy atom. The molecule has 0 aliphatic heterocycles. The summed E-state index contributed by atoms with van der Waals surface area (Å²) in [7, 11) is 0. The minimum Gasteiger partial charge on any atom is -0.491 e. The summed E-state index contributed by atoms with van der Waals surface area (Å²) in [5.41, 5.74) is 1.42. The Hall–Kier alpha value is -2.74. The van der Waals surface area contributed by atoms with Gasteiger partial charge < -0.3 is 14.6 Å². The number of aromatic nitrogens is 2. The summed E-state index contributed by atoms with van der Waals surface area (Å²) in [6, 6.07) is 5.66. The summed E-state index contributed by atoms with van der Waals surface area (Å²) < 4.78 is 7.71. The van der Waals surface area contributed by atoms with E-state index >= 15 is 0 Å². The molecular weight excluding hydrogens is 278 g/mol. The molecule has 1 N–H and O–H groups in total. The summed E-state index contributed by atoms with van der Waals surface area (Å²) in [4.78, 5) is 15.9.